The molecule has 1 aliphatic rings. The van der Waals surface area contributed by atoms with Gasteiger partial charge in [0.2, 0.25) is 5.84 Å². The molecular weight excluding hydrogens is 215 g/mol. The molecule has 3 nitrogen and oxygen atoms in total. The van der Waals surface area contributed by atoms with Gasteiger partial charge in [-0.2, -0.15) is 13.2 Å². The molecule has 0 unspecified atom stereocenters. The summed E-state index contributed by atoms with van der Waals surface area (Å²) in [6.45, 7) is 0. The van der Waals surface area contributed by atoms with Gasteiger partial charge in [0.05, 0.1) is 10.6 Å². The number of halogens is 3. The zero-order valence-electron chi connectivity index (χ0n) is 6.67. The van der Waals surface area contributed by atoms with Crippen molar-refractivity contribution in [3.63, 3.8) is 0 Å². The molecule has 0 aromatic carbocycles. The number of nitrogens with zero attached hydrogens (tertiary/aromatic N) is 2. The normalized spacial score (nSPS) is 15.5. The Labute approximate surface area is 81.6 Å². The second-order valence-electron chi connectivity index (χ2n) is 2.51. The highest BCUT2D eigenvalue weighted by atomic mass is 32.2. The summed E-state index contributed by atoms with van der Waals surface area (Å²) in [5.41, 5.74) is 0.288. The number of hydrogen-bond acceptors (Lipinski definition) is 4. The molecule has 14 heavy (non-hydrogen) atoms. The van der Waals surface area contributed by atoms with Crippen LogP contribution in [0.4, 0.5) is 18.9 Å². The van der Waals surface area contributed by atoms with E-state index in [1.165, 1.54) is 18.5 Å². The maximum absolute atomic E-state index is 12.2. The largest absolute Gasteiger partial charge is 0.450 e. The van der Waals surface area contributed by atoms with Crippen LogP contribution in [0.3, 0.4) is 0 Å². The van der Waals surface area contributed by atoms with Crippen LogP contribution < -0.4 is 4.72 Å². The Bertz CT molecular complexity index is 388. The van der Waals surface area contributed by atoms with Crippen LogP contribution in [0.15, 0.2) is 28.3 Å². The van der Waals surface area contributed by atoms with E-state index in [4.69, 9.17) is 0 Å². The van der Waals surface area contributed by atoms with Crippen molar-refractivity contribution in [1.82, 2.24) is 9.71 Å². The summed E-state index contributed by atoms with van der Waals surface area (Å²) in [5.74, 6) is -0.985. The molecule has 0 radical (unpaired) electrons. The summed E-state index contributed by atoms with van der Waals surface area (Å²) in [7, 11) is 0. The molecule has 74 valence electrons. The summed E-state index contributed by atoms with van der Waals surface area (Å²) in [6.07, 6.45) is -1.57. The maximum atomic E-state index is 12.2. The fourth-order valence-corrected chi connectivity index (χ4v) is 1.61. The van der Waals surface area contributed by atoms with Gasteiger partial charge in [0.1, 0.15) is 0 Å². The van der Waals surface area contributed by atoms with Crippen molar-refractivity contribution >= 4 is 23.5 Å². The first kappa shape index (κ1) is 9.32. The minimum absolute atomic E-state index is 0.288. The molecule has 2 rings (SSSR count). The fraction of sp³-hybridized carbons (Fsp3) is 0.143. The third-order valence-corrected chi connectivity index (χ3v) is 2.35. The minimum atomic E-state index is -4.44. The van der Waals surface area contributed by atoms with E-state index < -0.39 is 12.0 Å². The van der Waals surface area contributed by atoms with Gasteiger partial charge < -0.3 is 4.72 Å². The van der Waals surface area contributed by atoms with Gasteiger partial charge in [0, 0.05) is 12.4 Å². The lowest BCUT2D eigenvalue weighted by Gasteiger charge is -2.17. The SMILES string of the molecule is FC(F)(F)C1=Nc2ccncc2SN1. The lowest BCUT2D eigenvalue weighted by atomic mass is 10.4. The molecule has 0 atom stereocenters. The first-order valence-electron chi connectivity index (χ1n) is 3.60. The Morgan fingerprint density at radius 3 is 2.86 bits per heavy atom. The Morgan fingerprint density at radius 1 is 1.36 bits per heavy atom. The van der Waals surface area contributed by atoms with Crippen LogP contribution in [-0.4, -0.2) is 17.0 Å². The lowest BCUT2D eigenvalue weighted by molar-refractivity contribution is -0.0605. The van der Waals surface area contributed by atoms with Gasteiger partial charge in [-0.3, -0.25) is 4.98 Å². The predicted molar refractivity (Wildman–Crippen MR) is 46.4 cm³/mol. The molecule has 7 heteroatoms. The molecule has 0 aliphatic carbocycles. The molecule has 1 aliphatic heterocycles. The van der Waals surface area contributed by atoms with E-state index in [-0.39, 0.29) is 5.69 Å². The summed E-state index contributed by atoms with van der Waals surface area (Å²) in [5, 5.41) is 0. The number of alkyl halides is 3. The monoisotopic (exact) mass is 219 g/mol. The number of aromatic nitrogens is 1. The number of pyridine rings is 1. The maximum Gasteiger partial charge on any atom is 0.450 e. The summed E-state index contributed by atoms with van der Waals surface area (Å²) in [6, 6.07) is 1.44. The quantitative estimate of drug-likeness (QED) is 0.680. The van der Waals surface area contributed by atoms with Crippen LogP contribution >= 0.6 is 11.9 Å². The van der Waals surface area contributed by atoms with Crippen LogP contribution in [-0.2, 0) is 0 Å². The van der Waals surface area contributed by atoms with Gasteiger partial charge in [-0.05, 0) is 18.0 Å². The van der Waals surface area contributed by atoms with Crippen LogP contribution in [0.25, 0.3) is 0 Å². The lowest BCUT2D eigenvalue weighted by Crippen LogP contribution is -2.34. The summed E-state index contributed by atoms with van der Waals surface area (Å²) >= 11 is 0.860. The second kappa shape index (κ2) is 3.16. The Kier molecular flexibility index (Phi) is 2.10. The highest BCUT2D eigenvalue weighted by Gasteiger charge is 2.37. The molecule has 0 saturated carbocycles. The molecule has 0 spiro atoms. The van der Waals surface area contributed by atoms with E-state index in [9.17, 15) is 13.2 Å². The molecule has 1 N–H and O–H groups in total. The van der Waals surface area contributed by atoms with E-state index in [0.29, 0.717) is 4.90 Å². The van der Waals surface area contributed by atoms with E-state index >= 15 is 0 Å². The molecule has 0 bridgehead atoms. The van der Waals surface area contributed by atoms with E-state index in [1.807, 2.05) is 0 Å². The molecule has 2 heterocycles. The average molecular weight is 219 g/mol. The van der Waals surface area contributed by atoms with Gasteiger partial charge in [-0.15, -0.1) is 0 Å². The van der Waals surface area contributed by atoms with E-state index in [2.05, 4.69) is 14.7 Å². The molecule has 0 saturated heterocycles. The van der Waals surface area contributed by atoms with Crippen molar-refractivity contribution in [2.75, 3.05) is 0 Å². The number of aliphatic imine (C=N–C) groups is 1. The number of fused-ring (bicyclic) bond motifs is 1. The number of amidine groups is 1. The second-order valence-corrected chi connectivity index (χ2v) is 3.35. The van der Waals surface area contributed by atoms with Crippen molar-refractivity contribution < 1.29 is 13.2 Å². The Morgan fingerprint density at radius 2 is 2.14 bits per heavy atom. The summed E-state index contributed by atoms with van der Waals surface area (Å²) < 4.78 is 38.8. The molecule has 1 aromatic heterocycles. The van der Waals surface area contributed by atoms with Crippen LogP contribution in [0.5, 0.6) is 0 Å². The van der Waals surface area contributed by atoms with Gasteiger partial charge >= 0.3 is 6.18 Å². The van der Waals surface area contributed by atoms with Gasteiger partial charge in [0.25, 0.3) is 0 Å². The minimum Gasteiger partial charge on any atom is -0.306 e. The Hall–Kier alpha value is -1.24. The zero-order chi connectivity index (χ0) is 10.2. The highest BCUT2D eigenvalue weighted by molar-refractivity contribution is 7.98. The first-order valence-corrected chi connectivity index (χ1v) is 4.42. The Balaban J connectivity index is 2.41. The van der Waals surface area contributed by atoms with Crippen molar-refractivity contribution in [1.29, 1.82) is 0 Å². The van der Waals surface area contributed by atoms with Crippen molar-refractivity contribution in [2.24, 2.45) is 4.99 Å². The first-order chi connectivity index (χ1) is 6.57. The smallest absolute Gasteiger partial charge is 0.306 e. The van der Waals surface area contributed by atoms with E-state index in [0.717, 1.165) is 11.9 Å². The van der Waals surface area contributed by atoms with Crippen LogP contribution in [0.2, 0.25) is 0 Å². The van der Waals surface area contributed by atoms with Crippen molar-refractivity contribution in [2.45, 2.75) is 11.1 Å². The van der Waals surface area contributed by atoms with Crippen LogP contribution in [0, 0.1) is 0 Å². The predicted octanol–water partition coefficient (Wildman–Crippen LogP) is 2.28. The standard InChI is InChI=1S/C7H4F3N3S/c8-7(9,10)6-12-4-1-2-11-3-5(4)14-13-6/h1-3H,(H,12,13). The number of rotatable bonds is 0. The highest BCUT2D eigenvalue weighted by Crippen LogP contribution is 2.33. The van der Waals surface area contributed by atoms with E-state index in [1.54, 1.807) is 0 Å². The third kappa shape index (κ3) is 1.67. The number of nitrogens with one attached hydrogen (secondary N) is 1. The van der Waals surface area contributed by atoms with Gasteiger partial charge in [-0.1, -0.05) is 0 Å². The van der Waals surface area contributed by atoms with Gasteiger partial charge in [-0.25, -0.2) is 4.99 Å². The average Bonchev–Trinajstić information content (AvgIpc) is 2.16. The molecular formula is C7H4F3N3S. The topological polar surface area (TPSA) is 37.3 Å². The summed E-state index contributed by atoms with van der Waals surface area (Å²) in [4.78, 5) is 7.79. The molecule has 1 aromatic rings. The third-order valence-electron chi connectivity index (χ3n) is 1.52. The van der Waals surface area contributed by atoms with Crippen molar-refractivity contribution in [3.05, 3.63) is 18.5 Å². The number of hydrogen-bond donors (Lipinski definition) is 1. The van der Waals surface area contributed by atoms with Crippen LogP contribution in [0.1, 0.15) is 0 Å². The zero-order valence-corrected chi connectivity index (χ0v) is 7.49. The van der Waals surface area contributed by atoms with Crippen molar-refractivity contribution in [3.8, 4) is 0 Å². The fourth-order valence-electron chi connectivity index (χ4n) is 0.911. The molecule has 0 fully saturated rings. The van der Waals surface area contributed by atoms with Gasteiger partial charge in [0.15, 0.2) is 0 Å². The molecule has 0 amide bonds.